The van der Waals surface area contributed by atoms with E-state index in [0.717, 1.165) is 44.2 Å². The summed E-state index contributed by atoms with van der Waals surface area (Å²) >= 11 is 0. The van der Waals surface area contributed by atoms with Crippen LogP contribution in [0.5, 0.6) is 0 Å². The maximum Gasteiger partial charge on any atom is 0.416 e. The van der Waals surface area contributed by atoms with Crippen molar-refractivity contribution in [3.8, 4) is 0 Å². The highest BCUT2D eigenvalue weighted by atomic mass is 19.4. The molecule has 1 N–H and O–H groups in total. The Bertz CT molecular complexity index is 919. The van der Waals surface area contributed by atoms with E-state index in [4.69, 9.17) is 4.74 Å². The molecule has 0 aromatic heterocycles. The molecule has 1 aliphatic carbocycles. The van der Waals surface area contributed by atoms with Crippen molar-refractivity contribution in [2.75, 3.05) is 13.2 Å². The molecule has 1 saturated carbocycles. The van der Waals surface area contributed by atoms with E-state index in [0.29, 0.717) is 5.56 Å². The highest BCUT2D eigenvalue weighted by Crippen LogP contribution is 2.38. The third kappa shape index (κ3) is 5.94. The SMILES string of the molecule is CCOC(=O)C1=C(C)N(CC(=O)NC2CCCCC2)C(=O)CC1c1ccc(C(F)(F)F)cc1. The van der Waals surface area contributed by atoms with Gasteiger partial charge in [0.2, 0.25) is 11.8 Å². The molecule has 1 heterocycles. The zero-order chi connectivity index (χ0) is 24.2. The van der Waals surface area contributed by atoms with Gasteiger partial charge in [-0.3, -0.25) is 9.59 Å². The Hall–Kier alpha value is -2.84. The van der Waals surface area contributed by atoms with Gasteiger partial charge in [0.05, 0.1) is 17.7 Å². The molecule has 1 atom stereocenters. The molecular formula is C24H29F3N2O4. The number of benzene rings is 1. The van der Waals surface area contributed by atoms with E-state index in [-0.39, 0.29) is 48.7 Å². The van der Waals surface area contributed by atoms with Gasteiger partial charge in [-0.1, -0.05) is 31.4 Å². The van der Waals surface area contributed by atoms with Crippen LogP contribution in [-0.4, -0.2) is 41.9 Å². The number of rotatable bonds is 6. The number of carbonyl (C=O) groups is 3. The lowest BCUT2D eigenvalue weighted by molar-refractivity contribution is -0.141. The highest BCUT2D eigenvalue weighted by Gasteiger charge is 2.38. The van der Waals surface area contributed by atoms with Crippen molar-refractivity contribution in [3.63, 3.8) is 0 Å². The molecule has 2 amide bonds. The first kappa shape index (κ1) is 24.8. The molecule has 0 spiro atoms. The predicted octanol–water partition coefficient (Wildman–Crippen LogP) is 4.31. The Labute approximate surface area is 191 Å². The second-order valence-corrected chi connectivity index (χ2v) is 8.48. The largest absolute Gasteiger partial charge is 0.463 e. The summed E-state index contributed by atoms with van der Waals surface area (Å²) < 4.78 is 44.0. The van der Waals surface area contributed by atoms with Crippen LogP contribution in [0, 0.1) is 0 Å². The third-order valence-electron chi connectivity index (χ3n) is 6.23. The topological polar surface area (TPSA) is 75.7 Å². The minimum absolute atomic E-state index is 0.0832. The van der Waals surface area contributed by atoms with Crippen molar-refractivity contribution in [3.05, 3.63) is 46.7 Å². The fraction of sp³-hybridized carbons (Fsp3) is 0.542. The van der Waals surface area contributed by atoms with Gasteiger partial charge in [-0.2, -0.15) is 13.2 Å². The smallest absolute Gasteiger partial charge is 0.416 e. The van der Waals surface area contributed by atoms with Crippen LogP contribution < -0.4 is 5.32 Å². The molecule has 0 radical (unpaired) electrons. The highest BCUT2D eigenvalue weighted by molar-refractivity contribution is 5.97. The molecule has 1 aliphatic heterocycles. The summed E-state index contributed by atoms with van der Waals surface area (Å²) in [5.74, 6) is -2.07. The first-order valence-electron chi connectivity index (χ1n) is 11.3. The lowest BCUT2D eigenvalue weighted by Crippen LogP contribution is -2.46. The van der Waals surface area contributed by atoms with Gasteiger partial charge in [0.1, 0.15) is 6.54 Å². The van der Waals surface area contributed by atoms with Crippen LogP contribution >= 0.6 is 0 Å². The monoisotopic (exact) mass is 466 g/mol. The van der Waals surface area contributed by atoms with Crippen molar-refractivity contribution in [2.45, 2.75) is 70.5 Å². The van der Waals surface area contributed by atoms with E-state index in [9.17, 15) is 27.6 Å². The first-order valence-corrected chi connectivity index (χ1v) is 11.3. The van der Waals surface area contributed by atoms with Crippen LogP contribution in [0.1, 0.15) is 69.4 Å². The molecule has 1 unspecified atom stereocenters. The molecule has 1 aromatic carbocycles. The van der Waals surface area contributed by atoms with Crippen LogP contribution in [0.3, 0.4) is 0 Å². The molecule has 1 aromatic rings. The molecule has 2 aliphatic rings. The molecule has 9 heteroatoms. The minimum Gasteiger partial charge on any atom is -0.463 e. The summed E-state index contributed by atoms with van der Waals surface area (Å²) in [4.78, 5) is 39.6. The Kier molecular flexibility index (Phi) is 7.81. The Morgan fingerprint density at radius 3 is 2.33 bits per heavy atom. The molecule has 180 valence electrons. The average Bonchev–Trinajstić information content (AvgIpc) is 2.76. The number of halogens is 3. The zero-order valence-electron chi connectivity index (χ0n) is 18.8. The fourth-order valence-electron chi connectivity index (χ4n) is 4.53. The van der Waals surface area contributed by atoms with Crippen LogP contribution in [0.4, 0.5) is 13.2 Å². The quantitative estimate of drug-likeness (QED) is 0.634. The van der Waals surface area contributed by atoms with Gasteiger partial charge < -0.3 is 15.0 Å². The van der Waals surface area contributed by atoms with Crippen LogP contribution in [0.15, 0.2) is 35.5 Å². The van der Waals surface area contributed by atoms with Gasteiger partial charge in [0.15, 0.2) is 0 Å². The van der Waals surface area contributed by atoms with E-state index >= 15 is 0 Å². The molecule has 3 rings (SSSR count). The van der Waals surface area contributed by atoms with Gasteiger partial charge in [-0.25, -0.2) is 4.79 Å². The van der Waals surface area contributed by atoms with Gasteiger partial charge in [-0.05, 0) is 44.4 Å². The van der Waals surface area contributed by atoms with Crippen LogP contribution in [-0.2, 0) is 25.3 Å². The van der Waals surface area contributed by atoms with E-state index < -0.39 is 23.6 Å². The lowest BCUT2D eigenvalue weighted by atomic mass is 9.83. The lowest BCUT2D eigenvalue weighted by Gasteiger charge is -2.34. The number of hydrogen-bond donors (Lipinski definition) is 1. The van der Waals surface area contributed by atoms with Crippen molar-refractivity contribution in [1.82, 2.24) is 10.2 Å². The maximum atomic E-state index is 12.9. The zero-order valence-corrected chi connectivity index (χ0v) is 18.8. The number of nitrogens with one attached hydrogen (secondary N) is 1. The molecule has 33 heavy (non-hydrogen) atoms. The van der Waals surface area contributed by atoms with Crippen LogP contribution in [0.2, 0.25) is 0 Å². The second-order valence-electron chi connectivity index (χ2n) is 8.48. The third-order valence-corrected chi connectivity index (χ3v) is 6.23. The van der Waals surface area contributed by atoms with Gasteiger partial charge in [-0.15, -0.1) is 0 Å². The van der Waals surface area contributed by atoms with Gasteiger partial charge in [0, 0.05) is 24.1 Å². The summed E-state index contributed by atoms with van der Waals surface area (Å²) in [6.07, 6.45) is 0.416. The Morgan fingerprint density at radius 2 is 1.76 bits per heavy atom. The second kappa shape index (κ2) is 10.4. The molecule has 1 fully saturated rings. The molecular weight excluding hydrogens is 437 g/mol. The van der Waals surface area contributed by atoms with Crippen molar-refractivity contribution < 1.29 is 32.3 Å². The average molecular weight is 467 g/mol. The standard InChI is InChI=1S/C24H29F3N2O4/c1-3-33-23(32)22-15(2)29(14-20(30)28-18-7-5-4-6-8-18)21(31)13-19(22)16-9-11-17(12-10-16)24(25,26)27/h9-12,18-19H,3-8,13-14H2,1-2H3,(H,28,30). The van der Waals surface area contributed by atoms with E-state index in [1.165, 1.54) is 17.0 Å². The van der Waals surface area contributed by atoms with Crippen molar-refractivity contribution in [1.29, 1.82) is 0 Å². The molecule has 0 saturated heterocycles. The number of allylic oxidation sites excluding steroid dienone is 1. The molecule has 6 nitrogen and oxygen atoms in total. The Balaban J connectivity index is 1.87. The number of hydrogen-bond acceptors (Lipinski definition) is 4. The summed E-state index contributed by atoms with van der Waals surface area (Å²) in [7, 11) is 0. The summed E-state index contributed by atoms with van der Waals surface area (Å²) in [5, 5.41) is 2.96. The first-order chi connectivity index (χ1) is 15.6. The van der Waals surface area contributed by atoms with Gasteiger partial charge in [0.25, 0.3) is 0 Å². The number of ether oxygens (including phenoxy) is 1. The van der Waals surface area contributed by atoms with Crippen molar-refractivity contribution in [2.24, 2.45) is 0 Å². The summed E-state index contributed by atoms with van der Waals surface area (Å²) in [5.41, 5.74) is 0.0629. The summed E-state index contributed by atoms with van der Waals surface area (Å²) in [6, 6.07) is 4.50. The Morgan fingerprint density at radius 1 is 1.12 bits per heavy atom. The minimum atomic E-state index is -4.49. The van der Waals surface area contributed by atoms with Gasteiger partial charge >= 0.3 is 12.1 Å². The summed E-state index contributed by atoms with van der Waals surface area (Å²) in [6.45, 7) is 3.09. The van der Waals surface area contributed by atoms with E-state index in [2.05, 4.69) is 5.32 Å². The van der Waals surface area contributed by atoms with Crippen LogP contribution in [0.25, 0.3) is 0 Å². The predicted molar refractivity (Wildman–Crippen MR) is 115 cm³/mol. The number of alkyl halides is 3. The number of amides is 2. The maximum absolute atomic E-state index is 12.9. The van der Waals surface area contributed by atoms with E-state index in [1.54, 1.807) is 13.8 Å². The van der Waals surface area contributed by atoms with E-state index in [1.807, 2.05) is 0 Å². The van der Waals surface area contributed by atoms with Crippen molar-refractivity contribution >= 4 is 17.8 Å². The number of esters is 1. The number of carbonyl (C=O) groups excluding carboxylic acids is 3. The number of nitrogens with zero attached hydrogens (tertiary/aromatic N) is 1. The fourth-order valence-corrected chi connectivity index (χ4v) is 4.53. The normalized spacial score (nSPS) is 20.1. The molecule has 0 bridgehead atoms.